The molecule has 2 heterocycles. The van der Waals surface area contributed by atoms with Crippen molar-refractivity contribution >= 4 is 29.6 Å². The van der Waals surface area contributed by atoms with Gasteiger partial charge < -0.3 is 5.32 Å². The molecule has 4 rings (SSSR count). The molecule has 4 amide bonds. The summed E-state index contributed by atoms with van der Waals surface area (Å²) in [5, 5.41) is 12.4. The number of benzene rings is 1. The Kier molecular flexibility index (Phi) is 5.50. The molecular weight excluding hydrogens is 404 g/mol. The van der Waals surface area contributed by atoms with Crippen LogP contribution in [0.5, 0.6) is 0 Å². The number of hydrogen-bond donors (Lipinski definition) is 2. The summed E-state index contributed by atoms with van der Waals surface area (Å²) in [5.41, 5.74) is 3.63. The van der Waals surface area contributed by atoms with Gasteiger partial charge in [-0.3, -0.25) is 19.6 Å². The van der Waals surface area contributed by atoms with Gasteiger partial charge in [0.2, 0.25) is 5.91 Å². The summed E-state index contributed by atoms with van der Waals surface area (Å²) in [6.07, 6.45) is 4.04. The van der Waals surface area contributed by atoms with E-state index >= 15 is 0 Å². The van der Waals surface area contributed by atoms with E-state index in [4.69, 9.17) is 0 Å². The first kappa shape index (κ1) is 20.4. The van der Waals surface area contributed by atoms with Crippen LogP contribution in [0.15, 0.2) is 29.4 Å². The predicted octanol–water partition coefficient (Wildman–Crippen LogP) is 2.26. The van der Waals surface area contributed by atoms with Gasteiger partial charge in [-0.05, 0) is 38.8 Å². The number of urea groups is 1. The van der Waals surface area contributed by atoms with Crippen molar-refractivity contribution in [1.29, 1.82) is 0 Å². The Morgan fingerprint density at radius 2 is 1.83 bits per heavy atom. The molecule has 1 aromatic heterocycles. The molecule has 1 saturated carbocycles. The normalized spacial score (nSPS) is 18.0. The number of aromatic nitrogens is 3. The number of rotatable bonds is 5. The van der Waals surface area contributed by atoms with E-state index < -0.39 is 17.5 Å². The smallest absolute Gasteiger partial charge is 0.322 e. The van der Waals surface area contributed by atoms with Gasteiger partial charge in [0, 0.05) is 5.69 Å². The van der Waals surface area contributed by atoms with E-state index in [1.165, 1.54) is 11.8 Å². The van der Waals surface area contributed by atoms with E-state index in [1.807, 2.05) is 42.7 Å². The highest BCUT2D eigenvalue weighted by Crippen LogP contribution is 2.33. The lowest BCUT2D eigenvalue weighted by Gasteiger charge is -2.30. The van der Waals surface area contributed by atoms with Crippen molar-refractivity contribution in [3.8, 4) is 5.69 Å². The molecule has 2 fully saturated rings. The molecule has 158 valence electrons. The van der Waals surface area contributed by atoms with Gasteiger partial charge in [0.25, 0.3) is 5.91 Å². The maximum Gasteiger partial charge on any atom is 0.344 e. The van der Waals surface area contributed by atoms with Crippen molar-refractivity contribution in [1.82, 2.24) is 30.5 Å². The van der Waals surface area contributed by atoms with Crippen molar-refractivity contribution in [2.75, 3.05) is 5.75 Å². The third-order valence-electron chi connectivity index (χ3n) is 5.53. The average molecular weight is 429 g/mol. The Balaban J connectivity index is 1.41. The molecule has 1 aliphatic heterocycles. The van der Waals surface area contributed by atoms with E-state index in [-0.39, 0.29) is 11.7 Å². The molecule has 0 atom stereocenters. The first-order valence-corrected chi connectivity index (χ1v) is 11.0. The third kappa shape index (κ3) is 3.79. The summed E-state index contributed by atoms with van der Waals surface area (Å²) in [6, 6.07) is 7.35. The molecule has 1 spiro atoms. The summed E-state index contributed by atoms with van der Waals surface area (Å²) in [4.78, 5) is 37.5. The van der Waals surface area contributed by atoms with Crippen LogP contribution in [0.2, 0.25) is 0 Å². The number of hydrazine groups is 1. The van der Waals surface area contributed by atoms with Crippen molar-refractivity contribution in [2.24, 2.45) is 0 Å². The lowest BCUT2D eigenvalue weighted by molar-refractivity contribution is -0.139. The summed E-state index contributed by atoms with van der Waals surface area (Å²) >= 11 is 1.20. The second kappa shape index (κ2) is 8.10. The minimum Gasteiger partial charge on any atom is -0.322 e. The van der Waals surface area contributed by atoms with Crippen molar-refractivity contribution in [2.45, 2.75) is 56.6 Å². The van der Waals surface area contributed by atoms with Crippen LogP contribution < -0.4 is 10.7 Å². The molecule has 1 aromatic carbocycles. The highest BCUT2D eigenvalue weighted by atomic mass is 32.2. The zero-order valence-corrected chi connectivity index (χ0v) is 17.8. The number of carbonyl (C=O) groups excluding carboxylic acids is 3. The van der Waals surface area contributed by atoms with Crippen LogP contribution in [0.1, 0.15) is 43.5 Å². The topological polar surface area (TPSA) is 109 Å². The predicted molar refractivity (Wildman–Crippen MR) is 111 cm³/mol. The van der Waals surface area contributed by atoms with Gasteiger partial charge in [-0.25, -0.2) is 4.79 Å². The first-order valence-electron chi connectivity index (χ1n) is 9.98. The number of nitrogens with one attached hydrogen (secondary N) is 2. The van der Waals surface area contributed by atoms with Crippen molar-refractivity contribution in [3.05, 3.63) is 35.7 Å². The lowest BCUT2D eigenvalue weighted by atomic mass is 9.82. The van der Waals surface area contributed by atoms with Crippen LogP contribution in [0.25, 0.3) is 5.69 Å². The average Bonchev–Trinajstić information content (AvgIpc) is 3.20. The molecule has 2 aromatic rings. The van der Waals surface area contributed by atoms with E-state index in [2.05, 4.69) is 20.9 Å². The van der Waals surface area contributed by atoms with Crippen LogP contribution >= 0.6 is 11.8 Å². The highest BCUT2D eigenvalue weighted by molar-refractivity contribution is 7.99. The van der Waals surface area contributed by atoms with Gasteiger partial charge in [-0.1, -0.05) is 48.7 Å². The molecule has 1 aliphatic carbocycles. The lowest BCUT2D eigenvalue weighted by Crippen LogP contribution is -2.51. The number of hydrogen-bond acceptors (Lipinski definition) is 6. The number of imide groups is 1. The highest BCUT2D eigenvalue weighted by Gasteiger charge is 2.52. The number of nitrogens with zero attached hydrogens (tertiary/aromatic N) is 4. The molecule has 9 nitrogen and oxygen atoms in total. The minimum atomic E-state index is -0.863. The van der Waals surface area contributed by atoms with Gasteiger partial charge in [0.15, 0.2) is 5.16 Å². The van der Waals surface area contributed by atoms with Crippen LogP contribution in [-0.2, 0) is 9.59 Å². The fourth-order valence-corrected chi connectivity index (χ4v) is 4.72. The Labute approximate surface area is 178 Å². The summed E-state index contributed by atoms with van der Waals surface area (Å²) < 4.78 is 1.86. The van der Waals surface area contributed by atoms with Crippen molar-refractivity contribution < 1.29 is 14.4 Å². The second-order valence-electron chi connectivity index (χ2n) is 7.74. The number of amides is 4. The van der Waals surface area contributed by atoms with Crippen LogP contribution in [0, 0.1) is 13.8 Å². The Morgan fingerprint density at radius 3 is 2.53 bits per heavy atom. The van der Waals surface area contributed by atoms with E-state index in [1.54, 1.807) is 0 Å². The van der Waals surface area contributed by atoms with Gasteiger partial charge in [-0.2, -0.15) is 5.01 Å². The van der Waals surface area contributed by atoms with Crippen LogP contribution in [0.4, 0.5) is 4.79 Å². The van der Waals surface area contributed by atoms with Gasteiger partial charge >= 0.3 is 6.03 Å². The third-order valence-corrected chi connectivity index (χ3v) is 6.45. The van der Waals surface area contributed by atoms with Crippen molar-refractivity contribution in [3.63, 3.8) is 0 Å². The molecule has 0 bridgehead atoms. The molecule has 10 heteroatoms. The summed E-state index contributed by atoms with van der Waals surface area (Å²) in [7, 11) is 0. The van der Waals surface area contributed by atoms with Crippen LogP contribution in [0.3, 0.4) is 0 Å². The molecule has 0 unspecified atom stereocenters. The Bertz CT molecular complexity index is 981. The zero-order chi connectivity index (χ0) is 21.3. The Morgan fingerprint density at radius 1 is 1.13 bits per heavy atom. The minimum absolute atomic E-state index is 0.00590. The first-order chi connectivity index (χ1) is 14.4. The number of carbonyl (C=O) groups is 3. The fourth-order valence-electron chi connectivity index (χ4n) is 3.93. The molecular formula is C20H24N6O3S. The van der Waals surface area contributed by atoms with E-state index in [9.17, 15) is 14.4 Å². The largest absolute Gasteiger partial charge is 0.344 e. The maximum atomic E-state index is 12.8. The van der Waals surface area contributed by atoms with E-state index in [0.29, 0.717) is 23.8 Å². The van der Waals surface area contributed by atoms with E-state index in [0.717, 1.165) is 35.5 Å². The standard InChI is InChI=1S/C20H24N6O3S/c1-13-6-8-15(9-7-13)25-14(2)22-23-19(25)30-12-16(27)24-26-17(28)20(21-18(26)29)10-4-3-5-11-20/h6-9H,3-5,10-12H2,1-2H3,(H,21,29)(H,24,27). The maximum absolute atomic E-state index is 12.8. The molecule has 0 radical (unpaired) electrons. The summed E-state index contributed by atoms with van der Waals surface area (Å²) in [6.45, 7) is 3.85. The molecule has 1 saturated heterocycles. The fraction of sp³-hybridized carbons (Fsp3) is 0.450. The van der Waals surface area contributed by atoms with Gasteiger partial charge in [0.1, 0.15) is 11.4 Å². The Hall–Kier alpha value is -2.88. The number of thioether (sulfide) groups is 1. The van der Waals surface area contributed by atoms with Crippen LogP contribution in [-0.4, -0.2) is 48.9 Å². The molecule has 2 N–H and O–H groups in total. The summed E-state index contributed by atoms with van der Waals surface area (Å²) in [5.74, 6) is -0.125. The quantitative estimate of drug-likeness (QED) is 0.559. The SMILES string of the molecule is Cc1ccc(-n2c(C)nnc2SCC(=O)NN2C(=O)NC3(CCCCC3)C2=O)cc1. The molecule has 2 aliphatic rings. The zero-order valence-electron chi connectivity index (χ0n) is 17.0. The number of aryl methyl sites for hydroxylation is 2. The monoisotopic (exact) mass is 428 g/mol. The second-order valence-corrected chi connectivity index (χ2v) is 8.68. The van der Waals surface area contributed by atoms with Gasteiger partial charge in [-0.15, -0.1) is 10.2 Å². The molecule has 30 heavy (non-hydrogen) atoms. The van der Waals surface area contributed by atoms with Gasteiger partial charge in [0.05, 0.1) is 5.75 Å².